The number of Topliss-reactive ketones (excluding diaryl/α,β-unsaturated/α-hetero) is 3. The molecule has 1 heterocycles. The highest BCUT2D eigenvalue weighted by Crippen LogP contribution is 2.17. The first-order valence-corrected chi connectivity index (χ1v) is 14.6. The first-order chi connectivity index (χ1) is 20.8. The lowest BCUT2D eigenvalue weighted by atomic mass is 9.98. The normalized spacial score (nSPS) is 18.0. The summed E-state index contributed by atoms with van der Waals surface area (Å²) >= 11 is 0. The van der Waals surface area contributed by atoms with E-state index in [1.807, 2.05) is 54.6 Å². The largest absolute Gasteiger partial charge is 0.508 e. The van der Waals surface area contributed by atoms with Gasteiger partial charge >= 0.3 is 0 Å². The Hall–Kier alpha value is -4.34. The monoisotopic (exact) mass is 585 g/mol. The molecule has 1 aliphatic heterocycles. The Morgan fingerprint density at radius 2 is 1.47 bits per heavy atom. The van der Waals surface area contributed by atoms with E-state index in [4.69, 9.17) is 4.74 Å². The molecule has 43 heavy (non-hydrogen) atoms. The summed E-state index contributed by atoms with van der Waals surface area (Å²) in [6, 6.07) is 22.1. The second-order valence-electron chi connectivity index (χ2n) is 10.9. The molecule has 0 saturated carbocycles. The number of rotatable bonds is 12. The maximum Gasteiger partial charge on any atom is 0.240 e. The van der Waals surface area contributed by atoms with Gasteiger partial charge in [0.15, 0.2) is 0 Å². The molecule has 9 heteroatoms. The van der Waals surface area contributed by atoms with Crippen molar-refractivity contribution in [3.8, 4) is 11.5 Å². The van der Waals surface area contributed by atoms with Crippen molar-refractivity contribution in [3.05, 3.63) is 95.6 Å². The van der Waals surface area contributed by atoms with E-state index in [0.29, 0.717) is 25.2 Å². The zero-order valence-electron chi connectivity index (χ0n) is 24.5. The second kappa shape index (κ2) is 15.8. The summed E-state index contributed by atoms with van der Waals surface area (Å²) in [5.74, 6) is -0.543. The highest BCUT2D eigenvalue weighted by molar-refractivity contribution is 6.40. The first-order valence-electron chi connectivity index (χ1n) is 14.6. The third kappa shape index (κ3) is 9.87. The van der Waals surface area contributed by atoms with Gasteiger partial charge in [0, 0.05) is 19.6 Å². The van der Waals surface area contributed by atoms with Crippen molar-refractivity contribution in [3.63, 3.8) is 0 Å². The smallest absolute Gasteiger partial charge is 0.240 e. The van der Waals surface area contributed by atoms with Gasteiger partial charge in [0.2, 0.25) is 17.5 Å². The molecule has 1 fully saturated rings. The van der Waals surface area contributed by atoms with Gasteiger partial charge in [0.25, 0.3) is 0 Å². The summed E-state index contributed by atoms with van der Waals surface area (Å²) in [5, 5.41) is 16.0. The standard InChI is InChI=1S/C34H39N3O6/c1-24(38)7-5-6-18-43-29-16-12-27(13-17-29)21-37-22-32(40)33(41)30(19-26-10-14-28(39)15-11-26)35-23-36-31(34(37)42)20-25-8-3-2-4-9-25/h2-4,8-17,30-31,35-36,39H,5-7,18-23H2,1H3/t30-,31-/m0/s1. The lowest BCUT2D eigenvalue weighted by molar-refractivity contribution is -0.143. The quantitative estimate of drug-likeness (QED) is 0.218. The van der Waals surface area contributed by atoms with E-state index >= 15 is 0 Å². The second-order valence-corrected chi connectivity index (χ2v) is 10.9. The van der Waals surface area contributed by atoms with Gasteiger partial charge in [-0.05, 0) is 73.6 Å². The van der Waals surface area contributed by atoms with Crippen LogP contribution in [0.3, 0.4) is 0 Å². The van der Waals surface area contributed by atoms with E-state index in [1.54, 1.807) is 31.2 Å². The molecule has 1 aliphatic rings. The summed E-state index contributed by atoms with van der Waals surface area (Å²) in [7, 11) is 0. The first kappa shape index (κ1) is 31.6. The fourth-order valence-corrected chi connectivity index (χ4v) is 4.98. The van der Waals surface area contributed by atoms with Crippen molar-refractivity contribution in [2.24, 2.45) is 0 Å². The van der Waals surface area contributed by atoms with E-state index in [1.165, 1.54) is 4.90 Å². The van der Waals surface area contributed by atoms with Crippen molar-refractivity contribution in [1.29, 1.82) is 0 Å². The molecule has 3 aromatic carbocycles. The van der Waals surface area contributed by atoms with E-state index in [-0.39, 0.29) is 43.6 Å². The van der Waals surface area contributed by atoms with E-state index < -0.39 is 23.7 Å². The van der Waals surface area contributed by atoms with Crippen LogP contribution in [0.1, 0.15) is 42.9 Å². The lowest BCUT2D eigenvalue weighted by Crippen LogP contribution is -2.57. The topological polar surface area (TPSA) is 125 Å². The Kier molecular flexibility index (Phi) is 11.6. The van der Waals surface area contributed by atoms with Crippen LogP contribution in [0.25, 0.3) is 0 Å². The summed E-state index contributed by atoms with van der Waals surface area (Å²) in [6.07, 6.45) is 2.78. The third-order valence-corrected chi connectivity index (χ3v) is 7.38. The fourth-order valence-electron chi connectivity index (χ4n) is 4.98. The predicted molar refractivity (Wildman–Crippen MR) is 163 cm³/mol. The molecule has 0 spiro atoms. The van der Waals surface area contributed by atoms with E-state index in [0.717, 1.165) is 29.5 Å². The maximum atomic E-state index is 13.8. The van der Waals surface area contributed by atoms with Crippen LogP contribution in [0, 0.1) is 0 Å². The molecule has 9 nitrogen and oxygen atoms in total. The van der Waals surface area contributed by atoms with Crippen LogP contribution >= 0.6 is 0 Å². The molecule has 3 N–H and O–H groups in total. The number of ketones is 3. The van der Waals surface area contributed by atoms with Crippen LogP contribution in [0.5, 0.6) is 11.5 Å². The number of unbranched alkanes of at least 4 members (excludes halogenated alkanes) is 1. The molecule has 3 aromatic rings. The molecule has 0 aromatic heterocycles. The number of carbonyl (C=O) groups is 4. The number of hydrogen-bond donors (Lipinski definition) is 3. The zero-order chi connectivity index (χ0) is 30.6. The minimum atomic E-state index is -0.788. The average molecular weight is 586 g/mol. The Balaban J connectivity index is 1.49. The number of amides is 1. The van der Waals surface area contributed by atoms with Gasteiger partial charge in [-0.25, -0.2) is 0 Å². The van der Waals surface area contributed by atoms with Crippen molar-refractivity contribution in [2.45, 2.75) is 57.7 Å². The number of phenols is 1. The molecule has 1 amide bonds. The molecule has 226 valence electrons. The van der Waals surface area contributed by atoms with Gasteiger partial charge in [0.05, 0.1) is 25.2 Å². The SMILES string of the molecule is CC(=O)CCCCOc1ccc(CN2CC(=O)C(=O)[C@H](Cc3ccc(O)cc3)NCN[C@@H](Cc3ccccc3)C2=O)cc1. The number of ether oxygens (including phenoxy) is 1. The van der Waals surface area contributed by atoms with E-state index in [9.17, 15) is 24.3 Å². The van der Waals surface area contributed by atoms with E-state index in [2.05, 4.69) is 10.6 Å². The van der Waals surface area contributed by atoms with Crippen LogP contribution in [-0.4, -0.2) is 65.2 Å². The van der Waals surface area contributed by atoms with Gasteiger partial charge in [-0.1, -0.05) is 54.6 Å². The summed E-state index contributed by atoms with van der Waals surface area (Å²) in [5.41, 5.74) is 2.56. The van der Waals surface area contributed by atoms with Crippen LogP contribution in [0.15, 0.2) is 78.9 Å². The molecule has 1 saturated heterocycles. The predicted octanol–water partition coefficient (Wildman–Crippen LogP) is 3.37. The average Bonchev–Trinajstić information content (AvgIpc) is 3.00. The number of carbonyl (C=O) groups excluding carboxylic acids is 4. The highest BCUT2D eigenvalue weighted by Gasteiger charge is 2.33. The molecule has 0 bridgehead atoms. The number of nitrogens with one attached hydrogen (secondary N) is 2. The molecule has 0 aliphatic carbocycles. The number of aromatic hydroxyl groups is 1. The van der Waals surface area contributed by atoms with Crippen molar-refractivity contribution in [1.82, 2.24) is 15.5 Å². The van der Waals surface area contributed by atoms with Crippen molar-refractivity contribution < 1.29 is 29.0 Å². The number of nitrogens with zero attached hydrogens (tertiary/aromatic N) is 1. The van der Waals surface area contributed by atoms with Crippen molar-refractivity contribution in [2.75, 3.05) is 19.8 Å². The van der Waals surface area contributed by atoms with Crippen LogP contribution in [-0.2, 0) is 38.6 Å². The highest BCUT2D eigenvalue weighted by atomic mass is 16.5. The molecule has 0 radical (unpaired) electrons. The fraction of sp³-hybridized carbons (Fsp3) is 0.353. The minimum absolute atomic E-state index is 0.119. The number of benzene rings is 3. The van der Waals surface area contributed by atoms with Gasteiger partial charge < -0.3 is 19.5 Å². The molecule has 4 rings (SSSR count). The third-order valence-electron chi connectivity index (χ3n) is 7.38. The summed E-state index contributed by atoms with van der Waals surface area (Å²) < 4.78 is 5.78. The Bertz CT molecular complexity index is 1380. The molecule has 0 unspecified atom stereocenters. The lowest BCUT2D eigenvalue weighted by Gasteiger charge is -2.30. The van der Waals surface area contributed by atoms with Crippen LogP contribution in [0.2, 0.25) is 0 Å². The molecular formula is C34H39N3O6. The van der Waals surface area contributed by atoms with Gasteiger partial charge in [-0.2, -0.15) is 0 Å². The van der Waals surface area contributed by atoms with Crippen molar-refractivity contribution >= 4 is 23.3 Å². The van der Waals surface area contributed by atoms with Gasteiger partial charge in [0.1, 0.15) is 17.3 Å². The minimum Gasteiger partial charge on any atom is -0.508 e. The zero-order valence-corrected chi connectivity index (χ0v) is 24.5. The number of phenolic OH excluding ortho intramolecular Hbond substituents is 1. The summed E-state index contributed by atoms with van der Waals surface area (Å²) in [6.45, 7) is 2.04. The van der Waals surface area contributed by atoms with Crippen LogP contribution < -0.4 is 15.4 Å². The summed E-state index contributed by atoms with van der Waals surface area (Å²) in [4.78, 5) is 53.0. The van der Waals surface area contributed by atoms with Crippen LogP contribution in [0.4, 0.5) is 0 Å². The van der Waals surface area contributed by atoms with Gasteiger partial charge in [-0.15, -0.1) is 0 Å². The maximum absolute atomic E-state index is 13.8. The Morgan fingerprint density at radius 1 is 0.837 bits per heavy atom. The molecule has 2 atom stereocenters. The molecular weight excluding hydrogens is 546 g/mol. The number of hydrogen-bond acceptors (Lipinski definition) is 8. The van der Waals surface area contributed by atoms with Gasteiger partial charge in [-0.3, -0.25) is 25.0 Å². The Labute approximate surface area is 252 Å². The Morgan fingerprint density at radius 3 is 2.16 bits per heavy atom.